The van der Waals surface area contributed by atoms with Gasteiger partial charge in [0.2, 0.25) is 5.60 Å². The normalized spacial score (nSPS) is 15.4. The summed E-state index contributed by atoms with van der Waals surface area (Å²) in [6.45, 7) is 14.9. The zero-order chi connectivity index (χ0) is 40.2. The maximum absolute atomic E-state index is 16.1. The molecule has 1 atom stereocenters. The quantitative estimate of drug-likeness (QED) is 0.159. The first-order chi connectivity index (χ1) is 24.5. The van der Waals surface area contributed by atoms with Gasteiger partial charge in [-0.25, -0.2) is 23.6 Å². The summed E-state index contributed by atoms with van der Waals surface area (Å²) < 4.78 is 37.7. The molecule has 0 aromatic heterocycles. The molecule has 0 radical (unpaired) electrons. The van der Waals surface area contributed by atoms with E-state index in [0.717, 1.165) is 19.3 Å². The van der Waals surface area contributed by atoms with Gasteiger partial charge in [-0.2, -0.15) is 0 Å². The number of phenolic OH excluding ortho intramolecular Hbond substituents is 1. The van der Waals surface area contributed by atoms with E-state index in [1.54, 1.807) is 27.7 Å². The van der Waals surface area contributed by atoms with Gasteiger partial charge in [0.1, 0.15) is 27.3 Å². The van der Waals surface area contributed by atoms with Crippen LogP contribution in [0.2, 0.25) is 0 Å². The van der Waals surface area contributed by atoms with Gasteiger partial charge in [0, 0.05) is 11.6 Å². The van der Waals surface area contributed by atoms with E-state index < -0.39 is 58.1 Å². The van der Waals surface area contributed by atoms with Crippen LogP contribution in [-0.2, 0) is 14.3 Å². The summed E-state index contributed by atoms with van der Waals surface area (Å²) in [5.41, 5.74) is -0.922. The third kappa shape index (κ3) is 6.61. The molecule has 0 aliphatic heterocycles. The van der Waals surface area contributed by atoms with Gasteiger partial charge in [-0.1, -0.05) is 0 Å². The lowest BCUT2D eigenvalue weighted by Gasteiger charge is -2.30. The number of ketones is 1. The second-order valence-corrected chi connectivity index (χ2v) is 13.6. The molecule has 280 valence electrons. The van der Waals surface area contributed by atoms with E-state index in [2.05, 4.69) is 15.9 Å². The minimum Gasteiger partial charge on any atom is -0.506 e. The summed E-state index contributed by atoms with van der Waals surface area (Å²) >= 11 is 3.15. The standard InChI is InChI=1S/C39H38BrFO12/c1-14-12-24(42)13-25(50-11)39(14,49)38(48)53-33-21(8)18(5)28(31(43)29(33)40)37(47)52-34-22(9)17(4)27(23(10)30(34)41)36(46)51-32-19(6)15(2)26(35(44)45)16(3)20(32)7/h12-13,43,49H,1-11H3,(H,44,45)/t39-/m1/s1. The summed E-state index contributed by atoms with van der Waals surface area (Å²) in [7, 11) is 1.16. The Morgan fingerprint density at radius 3 is 1.64 bits per heavy atom. The molecule has 0 spiro atoms. The second kappa shape index (κ2) is 14.6. The lowest BCUT2D eigenvalue weighted by Crippen LogP contribution is -2.47. The molecule has 3 N–H and O–H groups in total. The topological polar surface area (TPSA) is 183 Å². The van der Waals surface area contributed by atoms with Crippen LogP contribution in [0.15, 0.2) is 28.0 Å². The number of methoxy groups -OCH3 is 1. The number of halogens is 2. The van der Waals surface area contributed by atoms with E-state index >= 15 is 4.39 Å². The summed E-state index contributed by atoms with van der Waals surface area (Å²) in [6.07, 6.45) is 1.97. The molecule has 4 rings (SSSR count). The SMILES string of the molecule is COC1=CC(=O)C=C(C)[C@]1(O)C(=O)Oc1c(C)c(C)c(C(=O)Oc2c(C)c(C)c(C(=O)Oc3c(C)c(C)c(C(=O)O)c(C)c3C)c(C)c2F)c(O)c1Br. The van der Waals surface area contributed by atoms with Crippen LogP contribution in [0.4, 0.5) is 4.39 Å². The number of ether oxygens (including phenoxy) is 4. The van der Waals surface area contributed by atoms with E-state index in [1.165, 1.54) is 41.5 Å². The Morgan fingerprint density at radius 2 is 1.11 bits per heavy atom. The molecule has 1 aliphatic carbocycles. The highest BCUT2D eigenvalue weighted by atomic mass is 79.9. The molecular formula is C39H38BrFO12. The molecule has 12 nitrogen and oxygen atoms in total. The van der Waals surface area contributed by atoms with Crippen LogP contribution >= 0.6 is 15.9 Å². The molecule has 0 saturated heterocycles. The van der Waals surface area contributed by atoms with Crippen LogP contribution in [0.3, 0.4) is 0 Å². The molecule has 3 aromatic carbocycles. The first-order valence-electron chi connectivity index (χ1n) is 16.1. The van der Waals surface area contributed by atoms with Gasteiger partial charge in [0.15, 0.2) is 23.1 Å². The lowest BCUT2D eigenvalue weighted by molar-refractivity contribution is -0.151. The molecule has 1 aliphatic rings. The molecular weight excluding hydrogens is 759 g/mol. The van der Waals surface area contributed by atoms with Gasteiger partial charge in [-0.15, -0.1) is 0 Å². The largest absolute Gasteiger partial charge is 0.506 e. The number of aromatic hydroxyl groups is 1. The molecule has 53 heavy (non-hydrogen) atoms. The number of hydrogen-bond acceptors (Lipinski definition) is 11. The number of aromatic carboxylic acids is 1. The number of hydrogen-bond donors (Lipinski definition) is 3. The van der Waals surface area contributed by atoms with Crippen molar-refractivity contribution in [3.05, 3.63) is 101 Å². The first-order valence-corrected chi connectivity index (χ1v) is 16.9. The summed E-state index contributed by atoms with van der Waals surface area (Å²) in [5.74, 6) is -7.76. The van der Waals surface area contributed by atoms with Gasteiger partial charge in [0.25, 0.3) is 0 Å². The third-order valence-electron chi connectivity index (χ3n) is 9.94. The van der Waals surface area contributed by atoms with Crippen molar-refractivity contribution in [1.29, 1.82) is 0 Å². The predicted octanol–water partition coefficient (Wildman–Crippen LogP) is 6.90. The van der Waals surface area contributed by atoms with Gasteiger partial charge < -0.3 is 34.3 Å². The zero-order valence-electron chi connectivity index (χ0n) is 30.9. The van der Waals surface area contributed by atoms with Crippen molar-refractivity contribution >= 4 is 45.6 Å². The van der Waals surface area contributed by atoms with E-state index in [-0.39, 0.29) is 66.2 Å². The fourth-order valence-electron chi connectivity index (χ4n) is 6.26. The van der Waals surface area contributed by atoms with Gasteiger partial charge in [-0.3, -0.25) is 4.79 Å². The Hall–Kier alpha value is -5.34. The summed E-state index contributed by atoms with van der Waals surface area (Å²) in [4.78, 5) is 64.4. The number of carboxylic acids is 1. The maximum atomic E-state index is 16.1. The maximum Gasteiger partial charge on any atom is 0.356 e. The Bertz CT molecular complexity index is 2160. The Kier molecular flexibility index (Phi) is 11.1. The molecule has 0 fully saturated rings. The number of esters is 3. The van der Waals surface area contributed by atoms with E-state index in [9.17, 15) is 39.3 Å². The molecule has 0 bridgehead atoms. The van der Waals surface area contributed by atoms with Gasteiger partial charge in [0.05, 0.1) is 18.2 Å². The van der Waals surface area contributed by atoms with Crippen LogP contribution in [-0.4, -0.2) is 57.7 Å². The number of benzene rings is 3. The highest BCUT2D eigenvalue weighted by Crippen LogP contribution is 2.44. The number of phenols is 1. The number of carbonyl (C=O) groups is 5. The predicted molar refractivity (Wildman–Crippen MR) is 193 cm³/mol. The molecule has 0 saturated carbocycles. The summed E-state index contributed by atoms with van der Waals surface area (Å²) in [5, 5.41) is 32.1. The van der Waals surface area contributed by atoms with Gasteiger partial charge >= 0.3 is 23.9 Å². The van der Waals surface area contributed by atoms with E-state index in [0.29, 0.717) is 22.3 Å². The highest BCUT2D eigenvalue weighted by Gasteiger charge is 2.48. The minimum absolute atomic E-state index is 0.0751. The van der Waals surface area contributed by atoms with E-state index in [1.807, 2.05) is 0 Å². The van der Waals surface area contributed by atoms with Crippen LogP contribution in [0.25, 0.3) is 0 Å². The molecule has 0 unspecified atom stereocenters. The average Bonchev–Trinajstić information content (AvgIpc) is 3.09. The minimum atomic E-state index is -2.47. The number of aliphatic hydroxyl groups is 1. The molecule has 14 heteroatoms. The number of carboxylic acid groups (broad SMARTS) is 1. The van der Waals surface area contributed by atoms with Crippen LogP contribution in [0.1, 0.15) is 88.1 Å². The zero-order valence-corrected chi connectivity index (χ0v) is 32.5. The lowest BCUT2D eigenvalue weighted by atomic mass is 9.87. The fraction of sp³-hybridized carbons (Fsp3) is 0.308. The van der Waals surface area contributed by atoms with Crippen molar-refractivity contribution in [2.45, 2.75) is 74.8 Å². The van der Waals surface area contributed by atoms with E-state index in [4.69, 9.17) is 18.9 Å². The smallest absolute Gasteiger partial charge is 0.356 e. The number of allylic oxidation sites excluding steroid dienone is 2. The third-order valence-corrected chi connectivity index (χ3v) is 10.7. The molecule has 3 aromatic rings. The van der Waals surface area contributed by atoms with Crippen LogP contribution in [0, 0.1) is 68.1 Å². The van der Waals surface area contributed by atoms with Crippen molar-refractivity contribution in [2.75, 3.05) is 7.11 Å². The van der Waals surface area contributed by atoms with Crippen molar-refractivity contribution in [1.82, 2.24) is 0 Å². The van der Waals surface area contributed by atoms with Crippen molar-refractivity contribution < 1.29 is 62.6 Å². The first kappa shape index (κ1) is 40.4. The molecule has 0 heterocycles. The van der Waals surface area contributed by atoms with Crippen molar-refractivity contribution in [2.24, 2.45) is 0 Å². The Morgan fingerprint density at radius 1 is 0.660 bits per heavy atom. The molecule has 0 amide bonds. The monoisotopic (exact) mass is 796 g/mol. The fourth-order valence-corrected chi connectivity index (χ4v) is 6.84. The van der Waals surface area contributed by atoms with Crippen LogP contribution in [0.5, 0.6) is 23.0 Å². The van der Waals surface area contributed by atoms with Crippen LogP contribution < -0.4 is 14.2 Å². The van der Waals surface area contributed by atoms with Crippen molar-refractivity contribution in [3.8, 4) is 23.0 Å². The van der Waals surface area contributed by atoms with Gasteiger partial charge in [-0.05, 0) is 141 Å². The van der Waals surface area contributed by atoms with Crippen molar-refractivity contribution in [3.63, 3.8) is 0 Å². The number of rotatable bonds is 8. The second-order valence-electron chi connectivity index (χ2n) is 12.8. The number of carbonyl (C=O) groups excluding carboxylic acids is 4. The average molecular weight is 798 g/mol. The Balaban J connectivity index is 1.70. The Labute approximate surface area is 313 Å². The summed E-state index contributed by atoms with van der Waals surface area (Å²) in [6, 6.07) is 0. The highest BCUT2D eigenvalue weighted by molar-refractivity contribution is 9.10.